The minimum Gasteiger partial charge on any atom is -0.465 e. The lowest BCUT2D eigenvalue weighted by Crippen LogP contribution is -2.10. The number of nitrogens with one attached hydrogen (secondary N) is 1. The summed E-state index contributed by atoms with van der Waals surface area (Å²) >= 11 is 1.08. The molecule has 2 heterocycles. The number of methoxy groups -OCH3 is 1. The lowest BCUT2D eigenvalue weighted by atomic mass is 10.4. The summed E-state index contributed by atoms with van der Waals surface area (Å²) in [5.41, 5.74) is 0. The molecule has 2 aromatic rings. The Morgan fingerprint density at radius 1 is 1.22 bits per heavy atom. The fourth-order valence-electron chi connectivity index (χ4n) is 1.28. The summed E-state index contributed by atoms with van der Waals surface area (Å²) in [6.07, 6.45) is 1.59. The second-order valence-corrected chi connectivity index (χ2v) is 4.41. The zero-order chi connectivity index (χ0) is 13.0. The predicted molar refractivity (Wildman–Crippen MR) is 67.8 cm³/mol. The van der Waals surface area contributed by atoms with E-state index in [1.54, 1.807) is 36.5 Å². The van der Waals surface area contributed by atoms with Gasteiger partial charge in [0.25, 0.3) is 5.91 Å². The number of aromatic nitrogens is 1. The average molecular weight is 262 g/mol. The molecule has 0 atom stereocenters. The Hall–Kier alpha value is -2.21. The SMILES string of the molecule is COC(=O)c1ccc(C(=O)Nc2ccccn2)s1. The Bertz CT molecular complexity index is 566. The molecule has 0 bridgehead atoms. The zero-order valence-electron chi connectivity index (χ0n) is 9.54. The fourth-order valence-corrected chi connectivity index (χ4v) is 2.10. The van der Waals surface area contributed by atoms with Crippen molar-refractivity contribution in [2.45, 2.75) is 0 Å². The first-order chi connectivity index (χ1) is 8.70. The predicted octanol–water partition coefficient (Wildman–Crippen LogP) is 2.18. The van der Waals surface area contributed by atoms with Crippen LogP contribution in [0.3, 0.4) is 0 Å². The van der Waals surface area contributed by atoms with Crippen molar-refractivity contribution < 1.29 is 14.3 Å². The largest absolute Gasteiger partial charge is 0.465 e. The van der Waals surface area contributed by atoms with Gasteiger partial charge in [0.1, 0.15) is 10.7 Å². The van der Waals surface area contributed by atoms with Gasteiger partial charge < -0.3 is 10.1 Å². The topological polar surface area (TPSA) is 68.3 Å². The first-order valence-electron chi connectivity index (χ1n) is 5.11. The third-order valence-corrected chi connectivity index (χ3v) is 3.19. The van der Waals surface area contributed by atoms with Crippen molar-refractivity contribution >= 4 is 29.0 Å². The molecular weight excluding hydrogens is 252 g/mol. The minimum atomic E-state index is -0.447. The third-order valence-electron chi connectivity index (χ3n) is 2.12. The quantitative estimate of drug-likeness (QED) is 0.861. The van der Waals surface area contributed by atoms with Crippen LogP contribution in [0.4, 0.5) is 5.82 Å². The van der Waals surface area contributed by atoms with Crippen LogP contribution in [0.15, 0.2) is 36.5 Å². The van der Waals surface area contributed by atoms with Gasteiger partial charge >= 0.3 is 5.97 Å². The lowest BCUT2D eigenvalue weighted by Gasteiger charge is -2.00. The van der Waals surface area contributed by atoms with E-state index in [9.17, 15) is 9.59 Å². The standard InChI is InChI=1S/C12H10N2O3S/c1-17-12(16)9-6-5-8(18-9)11(15)14-10-4-2-3-7-13-10/h2-7H,1H3,(H,13,14,15). The summed E-state index contributed by atoms with van der Waals surface area (Å²) in [4.78, 5) is 27.9. The molecule has 18 heavy (non-hydrogen) atoms. The van der Waals surface area contributed by atoms with Crippen LogP contribution in [0.2, 0.25) is 0 Å². The molecule has 0 spiro atoms. The first kappa shape index (κ1) is 12.3. The molecule has 6 heteroatoms. The molecule has 0 unspecified atom stereocenters. The summed E-state index contributed by atoms with van der Waals surface area (Å²) in [5.74, 6) is -0.277. The number of nitrogens with zero attached hydrogens (tertiary/aromatic N) is 1. The van der Waals surface area contributed by atoms with Gasteiger partial charge in [-0.1, -0.05) is 6.07 Å². The number of esters is 1. The molecule has 0 saturated heterocycles. The molecule has 0 aliphatic carbocycles. The van der Waals surface area contributed by atoms with E-state index in [1.165, 1.54) is 7.11 Å². The highest BCUT2D eigenvalue weighted by atomic mass is 32.1. The molecule has 0 fully saturated rings. The number of rotatable bonds is 3. The van der Waals surface area contributed by atoms with Gasteiger partial charge in [-0.3, -0.25) is 4.79 Å². The third kappa shape index (κ3) is 2.72. The molecule has 2 rings (SSSR count). The molecule has 5 nitrogen and oxygen atoms in total. The molecule has 0 aliphatic rings. The second kappa shape index (κ2) is 5.42. The Morgan fingerprint density at radius 2 is 2.00 bits per heavy atom. The number of ether oxygens (including phenoxy) is 1. The molecule has 1 amide bonds. The summed E-state index contributed by atoms with van der Waals surface area (Å²) < 4.78 is 4.58. The van der Waals surface area contributed by atoms with E-state index in [1.807, 2.05) is 0 Å². The van der Waals surface area contributed by atoms with E-state index in [4.69, 9.17) is 0 Å². The van der Waals surface area contributed by atoms with Crippen LogP contribution in [0.1, 0.15) is 19.3 Å². The molecule has 0 saturated carbocycles. The van der Waals surface area contributed by atoms with Gasteiger partial charge in [0, 0.05) is 6.20 Å². The number of amides is 1. The van der Waals surface area contributed by atoms with Gasteiger partial charge in [0.05, 0.1) is 12.0 Å². The van der Waals surface area contributed by atoms with E-state index in [-0.39, 0.29) is 5.91 Å². The van der Waals surface area contributed by atoms with E-state index in [0.29, 0.717) is 15.6 Å². The van der Waals surface area contributed by atoms with Gasteiger partial charge in [-0.25, -0.2) is 9.78 Å². The van der Waals surface area contributed by atoms with Gasteiger partial charge in [0.15, 0.2) is 0 Å². The smallest absolute Gasteiger partial charge is 0.348 e. The van der Waals surface area contributed by atoms with Crippen LogP contribution in [0.25, 0.3) is 0 Å². The maximum Gasteiger partial charge on any atom is 0.348 e. The molecule has 0 radical (unpaired) electrons. The number of carbonyl (C=O) groups is 2. The summed E-state index contributed by atoms with van der Waals surface area (Å²) in [5, 5.41) is 2.64. The highest BCUT2D eigenvalue weighted by molar-refractivity contribution is 7.16. The second-order valence-electron chi connectivity index (χ2n) is 3.32. The van der Waals surface area contributed by atoms with Crippen LogP contribution < -0.4 is 5.32 Å². The fraction of sp³-hybridized carbons (Fsp3) is 0.0833. The monoisotopic (exact) mass is 262 g/mol. The van der Waals surface area contributed by atoms with E-state index in [2.05, 4.69) is 15.0 Å². The molecule has 0 aliphatic heterocycles. The number of anilines is 1. The molecular formula is C12H10N2O3S. The number of pyridine rings is 1. The van der Waals surface area contributed by atoms with Crippen molar-refractivity contribution in [2.24, 2.45) is 0 Å². The Kier molecular flexibility index (Phi) is 3.69. The van der Waals surface area contributed by atoms with Crippen molar-refractivity contribution in [3.8, 4) is 0 Å². The molecule has 92 valence electrons. The van der Waals surface area contributed by atoms with E-state index >= 15 is 0 Å². The highest BCUT2D eigenvalue weighted by Gasteiger charge is 2.14. The number of hydrogen-bond donors (Lipinski definition) is 1. The normalized spacial score (nSPS) is 9.83. The average Bonchev–Trinajstić information content (AvgIpc) is 2.88. The van der Waals surface area contributed by atoms with Crippen molar-refractivity contribution in [3.63, 3.8) is 0 Å². The first-order valence-corrected chi connectivity index (χ1v) is 5.93. The Labute approximate surface area is 107 Å². The summed E-state index contributed by atoms with van der Waals surface area (Å²) in [6.45, 7) is 0. The van der Waals surface area contributed by atoms with Gasteiger partial charge in [-0.2, -0.15) is 0 Å². The number of carbonyl (C=O) groups excluding carboxylic acids is 2. The molecule has 0 aromatic carbocycles. The van der Waals surface area contributed by atoms with Gasteiger partial charge in [-0.15, -0.1) is 11.3 Å². The Balaban J connectivity index is 2.10. The maximum absolute atomic E-state index is 11.8. The van der Waals surface area contributed by atoms with Crippen LogP contribution in [-0.4, -0.2) is 24.0 Å². The summed E-state index contributed by atoms with van der Waals surface area (Å²) in [6, 6.07) is 8.36. The zero-order valence-corrected chi connectivity index (χ0v) is 10.4. The van der Waals surface area contributed by atoms with E-state index in [0.717, 1.165) is 11.3 Å². The summed E-state index contributed by atoms with van der Waals surface area (Å²) in [7, 11) is 1.30. The lowest BCUT2D eigenvalue weighted by molar-refractivity contribution is 0.0606. The van der Waals surface area contributed by atoms with Crippen LogP contribution in [0, 0.1) is 0 Å². The van der Waals surface area contributed by atoms with E-state index < -0.39 is 5.97 Å². The minimum absolute atomic E-state index is 0.297. The molecule has 2 aromatic heterocycles. The van der Waals surface area contributed by atoms with Crippen molar-refractivity contribution in [1.29, 1.82) is 0 Å². The molecule has 1 N–H and O–H groups in total. The number of hydrogen-bond acceptors (Lipinski definition) is 5. The van der Waals surface area contributed by atoms with Crippen LogP contribution in [-0.2, 0) is 4.74 Å². The number of thiophene rings is 1. The maximum atomic E-state index is 11.8. The highest BCUT2D eigenvalue weighted by Crippen LogP contribution is 2.18. The van der Waals surface area contributed by atoms with Gasteiger partial charge in [-0.05, 0) is 24.3 Å². The van der Waals surface area contributed by atoms with Crippen molar-refractivity contribution in [1.82, 2.24) is 4.98 Å². The van der Waals surface area contributed by atoms with Crippen molar-refractivity contribution in [3.05, 3.63) is 46.3 Å². The van der Waals surface area contributed by atoms with Crippen molar-refractivity contribution in [2.75, 3.05) is 12.4 Å². The van der Waals surface area contributed by atoms with Crippen LogP contribution >= 0.6 is 11.3 Å². The Morgan fingerprint density at radius 3 is 2.67 bits per heavy atom. The van der Waals surface area contributed by atoms with Crippen LogP contribution in [0.5, 0.6) is 0 Å². The van der Waals surface area contributed by atoms with Gasteiger partial charge in [0.2, 0.25) is 0 Å².